The summed E-state index contributed by atoms with van der Waals surface area (Å²) in [6.07, 6.45) is 0.243. The molecule has 1 aromatic carbocycles. The number of morpholine rings is 1. The lowest BCUT2D eigenvalue weighted by Gasteiger charge is -2.35. The highest BCUT2D eigenvalue weighted by molar-refractivity contribution is 5.57. The van der Waals surface area contributed by atoms with Crippen molar-refractivity contribution in [3.8, 4) is 11.5 Å². The third-order valence-electron chi connectivity index (χ3n) is 3.46. The molecule has 0 aromatic heterocycles. The number of nitrogens with zero attached hydrogens (tertiary/aromatic N) is 1. The van der Waals surface area contributed by atoms with Gasteiger partial charge in [-0.25, -0.2) is 0 Å². The molecule has 1 fully saturated rings. The Morgan fingerprint density at radius 2 is 2.05 bits per heavy atom. The zero-order valence-corrected chi connectivity index (χ0v) is 11.2. The van der Waals surface area contributed by atoms with Crippen LogP contribution in [0, 0.1) is 0 Å². The largest absolute Gasteiger partial charge is 0.486 e. The maximum Gasteiger partial charge on any atom is 0.163 e. The van der Waals surface area contributed by atoms with E-state index in [0.29, 0.717) is 13.2 Å². The quantitative estimate of drug-likeness (QED) is 0.878. The highest BCUT2D eigenvalue weighted by Gasteiger charge is 2.21. The second kappa shape index (κ2) is 5.67. The molecule has 2 heterocycles. The van der Waals surface area contributed by atoms with Crippen LogP contribution in [-0.2, 0) is 4.74 Å². The SMILES string of the molecule is CNCC1CN(c2ccc3c(c2)OCCO3)CCO1. The summed E-state index contributed by atoms with van der Waals surface area (Å²) in [5, 5.41) is 3.16. The van der Waals surface area contributed by atoms with E-state index in [2.05, 4.69) is 22.3 Å². The van der Waals surface area contributed by atoms with Gasteiger partial charge in [0.15, 0.2) is 11.5 Å². The molecule has 0 radical (unpaired) electrons. The Bertz CT molecular complexity index is 437. The van der Waals surface area contributed by atoms with Gasteiger partial charge in [-0.15, -0.1) is 0 Å². The minimum atomic E-state index is 0.243. The smallest absolute Gasteiger partial charge is 0.163 e. The van der Waals surface area contributed by atoms with E-state index >= 15 is 0 Å². The highest BCUT2D eigenvalue weighted by atomic mass is 16.6. The van der Waals surface area contributed by atoms with Crippen LogP contribution in [0.15, 0.2) is 18.2 Å². The summed E-state index contributed by atoms with van der Waals surface area (Å²) < 4.78 is 16.9. The van der Waals surface area contributed by atoms with Crippen molar-refractivity contribution in [3.05, 3.63) is 18.2 Å². The van der Waals surface area contributed by atoms with Crippen molar-refractivity contribution in [1.29, 1.82) is 0 Å². The van der Waals surface area contributed by atoms with E-state index in [1.54, 1.807) is 0 Å². The van der Waals surface area contributed by atoms with Crippen LogP contribution in [0.25, 0.3) is 0 Å². The monoisotopic (exact) mass is 264 g/mol. The first-order chi connectivity index (χ1) is 9.36. The highest BCUT2D eigenvalue weighted by Crippen LogP contribution is 2.34. The molecule has 19 heavy (non-hydrogen) atoms. The number of anilines is 1. The van der Waals surface area contributed by atoms with Crippen LogP contribution in [0.2, 0.25) is 0 Å². The van der Waals surface area contributed by atoms with Crippen LogP contribution < -0.4 is 19.7 Å². The average molecular weight is 264 g/mol. The van der Waals surface area contributed by atoms with Gasteiger partial charge < -0.3 is 24.4 Å². The van der Waals surface area contributed by atoms with Crippen LogP contribution in [0.5, 0.6) is 11.5 Å². The summed E-state index contributed by atoms with van der Waals surface area (Å²) >= 11 is 0. The summed E-state index contributed by atoms with van der Waals surface area (Å²) in [5.74, 6) is 1.69. The molecule has 104 valence electrons. The first-order valence-electron chi connectivity index (χ1n) is 6.77. The molecule has 1 unspecified atom stereocenters. The molecule has 0 bridgehead atoms. The molecule has 2 aliphatic heterocycles. The van der Waals surface area contributed by atoms with Crippen molar-refractivity contribution >= 4 is 5.69 Å². The molecule has 3 rings (SSSR count). The molecule has 5 heteroatoms. The number of benzene rings is 1. The summed E-state index contributed by atoms with van der Waals surface area (Å²) in [6.45, 7) is 4.72. The fraction of sp³-hybridized carbons (Fsp3) is 0.571. The van der Waals surface area contributed by atoms with E-state index in [-0.39, 0.29) is 6.10 Å². The molecular weight excluding hydrogens is 244 g/mol. The van der Waals surface area contributed by atoms with Gasteiger partial charge in [0, 0.05) is 31.4 Å². The van der Waals surface area contributed by atoms with E-state index in [1.165, 1.54) is 5.69 Å². The van der Waals surface area contributed by atoms with Gasteiger partial charge in [-0.1, -0.05) is 0 Å². The summed E-state index contributed by atoms with van der Waals surface area (Å²) in [7, 11) is 1.95. The van der Waals surface area contributed by atoms with Gasteiger partial charge in [0.1, 0.15) is 13.2 Å². The van der Waals surface area contributed by atoms with Crippen molar-refractivity contribution in [2.75, 3.05) is 51.4 Å². The van der Waals surface area contributed by atoms with Crippen LogP contribution >= 0.6 is 0 Å². The number of hydrogen-bond acceptors (Lipinski definition) is 5. The fourth-order valence-corrected chi connectivity index (χ4v) is 2.53. The minimum Gasteiger partial charge on any atom is -0.486 e. The maximum atomic E-state index is 5.72. The lowest BCUT2D eigenvalue weighted by Crippen LogP contribution is -2.46. The van der Waals surface area contributed by atoms with Gasteiger partial charge in [-0.3, -0.25) is 0 Å². The Morgan fingerprint density at radius 1 is 1.21 bits per heavy atom. The molecule has 1 N–H and O–H groups in total. The van der Waals surface area contributed by atoms with Crippen LogP contribution in [0.1, 0.15) is 0 Å². The zero-order chi connectivity index (χ0) is 13.1. The van der Waals surface area contributed by atoms with Crippen molar-refractivity contribution in [1.82, 2.24) is 5.32 Å². The van der Waals surface area contributed by atoms with Crippen molar-refractivity contribution < 1.29 is 14.2 Å². The van der Waals surface area contributed by atoms with Gasteiger partial charge in [0.05, 0.1) is 12.7 Å². The molecule has 0 aliphatic carbocycles. The standard InChI is InChI=1S/C14H20N2O3/c1-15-9-12-10-16(4-5-17-12)11-2-3-13-14(8-11)19-7-6-18-13/h2-3,8,12,15H,4-7,9-10H2,1H3. The molecule has 1 saturated heterocycles. The maximum absolute atomic E-state index is 5.72. The minimum absolute atomic E-state index is 0.243. The van der Waals surface area contributed by atoms with E-state index in [4.69, 9.17) is 14.2 Å². The molecule has 0 amide bonds. The molecular formula is C14H20N2O3. The van der Waals surface area contributed by atoms with E-state index in [0.717, 1.165) is 37.7 Å². The summed E-state index contributed by atoms with van der Waals surface area (Å²) in [4.78, 5) is 2.34. The fourth-order valence-electron chi connectivity index (χ4n) is 2.53. The predicted octanol–water partition coefficient (Wildman–Crippen LogP) is 0.882. The molecule has 0 spiro atoms. The number of ether oxygens (including phenoxy) is 3. The number of likely N-dealkylation sites (N-methyl/N-ethyl adjacent to an activating group) is 1. The number of nitrogens with one attached hydrogen (secondary N) is 1. The molecule has 2 aliphatic rings. The Kier molecular flexibility index (Phi) is 3.75. The Labute approximate surface area is 113 Å². The van der Waals surface area contributed by atoms with E-state index < -0.39 is 0 Å². The Hall–Kier alpha value is -1.46. The second-order valence-electron chi connectivity index (χ2n) is 4.82. The number of hydrogen-bond donors (Lipinski definition) is 1. The third-order valence-corrected chi connectivity index (χ3v) is 3.46. The van der Waals surface area contributed by atoms with Crippen LogP contribution in [0.3, 0.4) is 0 Å². The van der Waals surface area contributed by atoms with Crippen LogP contribution in [0.4, 0.5) is 5.69 Å². The van der Waals surface area contributed by atoms with Gasteiger partial charge in [-0.05, 0) is 19.2 Å². The molecule has 1 atom stereocenters. The predicted molar refractivity (Wildman–Crippen MR) is 73.3 cm³/mol. The van der Waals surface area contributed by atoms with Crippen molar-refractivity contribution in [2.45, 2.75) is 6.10 Å². The van der Waals surface area contributed by atoms with Crippen LogP contribution in [-0.4, -0.2) is 52.6 Å². The van der Waals surface area contributed by atoms with Crippen molar-refractivity contribution in [3.63, 3.8) is 0 Å². The zero-order valence-electron chi connectivity index (χ0n) is 11.2. The van der Waals surface area contributed by atoms with E-state index in [1.807, 2.05) is 13.1 Å². The van der Waals surface area contributed by atoms with Gasteiger partial charge in [0.25, 0.3) is 0 Å². The van der Waals surface area contributed by atoms with E-state index in [9.17, 15) is 0 Å². The third kappa shape index (κ3) is 2.77. The Balaban J connectivity index is 1.74. The lowest BCUT2D eigenvalue weighted by molar-refractivity contribution is 0.0421. The Morgan fingerprint density at radius 3 is 2.89 bits per heavy atom. The number of fused-ring (bicyclic) bond motifs is 1. The topological polar surface area (TPSA) is 43.0 Å². The number of rotatable bonds is 3. The van der Waals surface area contributed by atoms with Gasteiger partial charge >= 0.3 is 0 Å². The lowest BCUT2D eigenvalue weighted by atomic mass is 10.2. The normalized spacial score (nSPS) is 22.4. The first-order valence-corrected chi connectivity index (χ1v) is 6.77. The molecule has 5 nitrogen and oxygen atoms in total. The van der Waals surface area contributed by atoms with Gasteiger partial charge in [-0.2, -0.15) is 0 Å². The summed E-state index contributed by atoms with van der Waals surface area (Å²) in [6, 6.07) is 6.15. The molecule has 1 aromatic rings. The summed E-state index contributed by atoms with van der Waals surface area (Å²) in [5.41, 5.74) is 1.17. The van der Waals surface area contributed by atoms with Crippen molar-refractivity contribution in [2.24, 2.45) is 0 Å². The average Bonchev–Trinajstić information content (AvgIpc) is 2.47. The van der Waals surface area contributed by atoms with Gasteiger partial charge in [0.2, 0.25) is 0 Å². The second-order valence-corrected chi connectivity index (χ2v) is 4.82. The molecule has 0 saturated carbocycles. The first kappa shape index (κ1) is 12.6.